The molecule has 1 saturated heterocycles. The molecule has 20 heavy (non-hydrogen) atoms. The molecule has 0 aromatic carbocycles. The van der Waals surface area contributed by atoms with Gasteiger partial charge in [-0.2, -0.15) is 0 Å². The second-order valence-corrected chi connectivity index (χ2v) is 6.20. The zero-order valence-corrected chi connectivity index (χ0v) is 12.7. The van der Waals surface area contributed by atoms with E-state index < -0.39 is 11.5 Å². The van der Waals surface area contributed by atoms with Crippen molar-refractivity contribution in [3.8, 4) is 0 Å². The van der Waals surface area contributed by atoms with Crippen molar-refractivity contribution in [3.63, 3.8) is 0 Å². The Morgan fingerprint density at radius 3 is 2.45 bits per heavy atom. The van der Waals surface area contributed by atoms with E-state index in [4.69, 9.17) is 5.11 Å². The zero-order valence-electron chi connectivity index (χ0n) is 12.7. The van der Waals surface area contributed by atoms with E-state index in [1.807, 2.05) is 13.8 Å². The first kappa shape index (κ1) is 16.8. The number of carbonyl (C=O) groups excluding carboxylic acids is 1. The minimum atomic E-state index is -0.845. The van der Waals surface area contributed by atoms with Crippen molar-refractivity contribution in [1.82, 2.24) is 15.5 Å². The maximum Gasteiger partial charge on any atom is 0.315 e. The molecule has 116 valence electrons. The maximum atomic E-state index is 11.8. The molecule has 6 nitrogen and oxygen atoms in total. The molecule has 1 atom stereocenters. The average molecular weight is 285 g/mol. The number of rotatable bonds is 7. The standard InChI is InChI=1S/C14H27N3O3/c1-11(17-8-4-5-9-17)10-15-13(20)16-14(2,3)7-6-12(18)19/h11H,4-10H2,1-3H3,(H,18,19)(H2,15,16,20). The second kappa shape index (κ2) is 7.47. The van der Waals surface area contributed by atoms with Crippen LogP contribution in [0.3, 0.4) is 0 Å². The van der Waals surface area contributed by atoms with Gasteiger partial charge in [-0.1, -0.05) is 0 Å². The Hall–Kier alpha value is -1.30. The SMILES string of the molecule is CC(CNC(=O)NC(C)(C)CCC(=O)O)N1CCCC1. The highest BCUT2D eigenvalue weighted by atomic mass is 16.4. The van der Waals surface area contributed by atoms with Gasteiger partial charge in [-0.05, 0) is 53.1 Å². The van der Waals surface area contributed by atoms with Gasteiger partial charge in [0.2, 0.25) is 0 Å². The van der Waals surface area contributed by atoms with Crippen LogP contribution >= 0.6 is 0 Å². The Labute approximate surface area is 120 Å². The summed E-state index contributed by atoms with van der Waals surface area (Å²) in [5.74, 6) is -0.845. The van der Waals surface area contributed by atoms with E-state index in [2.05, 4.69) is 22.5 Å². The van der Waals surface area contributed by atoms with Crippen molar-refractivity contribution in [2.45, 2.75) is 58.0 Å². The van der Waals surface area contributed by atoms with Gasteiger partial charge in [0.25, 0.3) is 0 Å². The predicted octanol–water partition coefficient (Wildman–Crippen LogP) is 1.41. The number of amides is 2. The van der Waals surface area contributed by atoms with Crippen LogP contribution in [0.15, 0.2) is 0 Å². The molecule has 0 radical (unpaired) electrons. The van der Waals surface area contributed by atoms with Crippen LogP contribution in [0.25, 0.3) is 0 Å². The van der Waals surface area contributed by atoms with Gasteiger partial charge in [0.05, 0.1) is 0 Å². The quantitative estimate of drug-likeness (QED) is 0.660. The highest BCUT2D eigenvalue weighted by Crippen LogP contribution is 2.12. The van der Waals surface area contributed by atoms with Gasteiger partial charge in [-0.3, -0.25) is 9.69 Å². The second-order valence-electron chi connectivity index (χ2n) is 6.20. The lowest BCUT2D eigenvalue weighted by molar-refractivity contribution is -0.137. The van der Waals surface area contributed by atoms with Gasteiger partial charge >= 0.3 is 12.0 Å². The summed E-state index contributed by atoms with van der Waals surface area (Å²) < 4.78 is 0. The summed E-state index contributed by atoms with van der Waals surface area (Å²) in [7, 11) is 0. The van der Waals surface area contributed by atoms with Crippen LogP contribution in [0.4, 0.5) is 4.79 Å². The first-order valence-electron chi connectivity index (χ1n) is 7.32. The molecule has 1 fully saturated rings. The van der Waals surface area contributed by atoms with E-state index in [0.717, 1.165) is 13.1 Å². The number of carbonyl (C=O) groups is 2. The Bertz CT molecular complexity index is 339. The van der Waals surface area contributed by atoms with Gasteiger partial charge in [0, 0.05) is 24.5 Å². The number of likely N-dealkylation sites (tertiary alicyclic amines) is 1. The predicted molar refractivity (Wildman–Crippen MR) is 77.8 cm³/mol. The largest absolute Gasteiger partial charge is 0.481 e. The number of hydrogen-bond acceptors (Lipinski definition) is 3. The molecule has 0 saturated carbocycles. The number of urea groups is 1. The summed E-state index contributed by atoms with van der Waals surface area (Å²) in [4.78, 5) is 24.8. The van der Waals surface area contributed by atoms with E-state index in [0.29, 0.717) is 19.0 Å². The molecule has 2 amide bonds. The fraction of sp³-hybridized carbons (Fsp3) is 0.857. The number of carboxylic acids is 1. The highest BCUT2D eigenvalue weighted by molar-refractivity contribution is 5.75. The van der Waals surface area contributed by atoms with Gasteiger partial charge in [0.15, 0.2) is 0 Å². The fourth-order valence-corrected chi connectivity index (χ4v) is 2.39. The number of nitrogens with one attached hydrogen (secondary N) is 2. The van der Waals surface area contributed by atoms with E-state index in [1.54, 1.807) is 0 Å². The van der Waals surface area contributed by atoms with Crippen LogP contribution in [0.1, 0.15) is 46.5 Å². The summed E-state index contributed by atoms with van der Waals surface area (Å²) in [6.45, 7) is 8.60. The van der Waals surface area contributed by atoms with E-state index in [9.17, 15) is 9.59 Å². The topological polar surface area (TPSA) is 81.7 Å². The lowest BCUT2D eigenvalue weighted by Gasteiger charge is -2.28. The minimum absolute atomic E-state index is 0.0530. The minimum Gasteiger partial charge on any atom is -0.481 e. The lowest BCUT2D eigenvalue weighted by Crippen LogP contribution is -2.51. The van der Waals surface area contributed by atoms with Crippen molar-refractivity contribution in [3.05, 3.63) is 0 Å². The molecule has 1 unspecified atom stereocenters. The lowest BCUT2D eigenvalue weighted by atomic mass is 9.99. The molecular formula is C14H27N3O3. The third kappa shape index (κ3) is 6.23. The monoisotopic (exact) mass is 285 g/mol. The van der Waals surface area contributed by atoms with Crippen LogP contribution in [-0.2, 0) is 4.79 Å². The molecule has 0 aromatic heterocycles. The molecule has 0 bridgehead atoms. The van der Waals surface area contributed by atoms with Crippen LogP contribution in [0.5, 0.6) is 0 Å². The number of hydrogen-bond donors (Lipinski definition) is 3. The Kier molecular flexibility index (Phi) is 6.26. The molecule has 0 aliphatic carbocycles. The zero-order chi connectivity index (χ0) is 15.2. The summed E-state index contributed by atoms with van der Waals surface area (Å²) >= 11 is 0. The van der Waals surface area contributed by atoms with Gasteiger partial charge in [0.1, 0.15) is 0 Å². The molecule has 6 heteroatoms. The van der Waals surface area contributed by atoms with Crippen molar-refractivity contribution in [2.24, 2.45) is 0 Å². The molecule has 0 spiro atoms. The summed E-state index contributed by atoms with van der Waals surface area (Å²) in [6, 6.07) is 0.108. The van der Waals surface area contributed by atoms with Gasteiger partial charge < -0.3 is 15.7 Å². The highest BCUT2D eigenvalue weighted by Gasteiger charge is 2.22. The Balaban J connectivity index is 2.26. The molecule has 1 aliphatic heterocycles. The maximum absolute atomic E-state index is 11.8. The number of aliphatic carboxylic acids is 1. The third-order valence-corrected chi connectivity index (χ3v) is 3.74. The average Bonchev–Trinajstić information content (AvgIpc) is 2.87. The summed E-state index contributed by atoms with van der Waals surface area (Å²) in [5, 5.41) is 14.4. The normalized spacial score (nSPS) is 17.8. The number of nitrogens with zero attached hydrogens (tertiary/aromatic N) is 1. The molecule has 1 heterocycles. The van der Waals surface area contributed by atoms with Gasteiger partial charge in [-0.25, -0.2) is 4.79 Å². The van der Waals surface area contributed by atoms with Crippen molar-refractivity contribution < 1.29 is 14.7 Å². The van der Waals surface area contributed by atoms with Crippen molar-refractivity contribution >= 4 is 12.0 Å². The number of carboxylic acid groups (broad SMARTS) is 1. The molecule has 0 aromatic rings. The molecule has 1 aliphatic rings. The van der Waals surface area contributed by atoms with Crippen molar-refractivity contribution in [1.29, 1.82) is 0 Å². The molecular weight excluding hydrogens is 258 g/mol. The van der Waals surface area contributed by atoms with Crippen LogP contribution < -0.4 is 10.6 Å². The van der Waals surface area contributed by atoms with Crippen LogP contribution in [0, 0.1) is 0 Å². The molecule has 1 rings (SSSR count). The van der Waals surface area contributed by atoms with Crippen molar-refractivity contribution in [2.75, 3.05) is 19.6 Å². The first-order valence-corrected chi connectivity index (χ1v) is 7.32. The fourth-order valence-electron chi connectivity index (χ4n) is 2.39. The van der Waals surface area contributed by atoms with E-state index in [-0.39, 0.29) is 12.5 Å². The van der Waals surface area contributed by atoms with Gasteiger partial charge in [-0.15, -0.1) is 0 Å². The Morgan fingerprint density at radius 2 is 1.90 bits per heavy atom. The van der Waals surface area contributed by atoms with Crippen LogP contribution in [-0.4, -0.2) is 53.2 Å². The smallest absolute Gasteiger partial charge is 0.315 e. The Morgan fingerprint density at radius 1 is 1.30 bits per heavy atom. The van der Waals surface area contributed by atoms with E-state index in [1.165, 1.54) is 12.8 Å². The first-order chi connectivity index (χ1) is 9.30. The summed E-state index contributed by atoms with van der Waals surface area (Å²) in [6.07, 6.45) is 2.94. The molecule has 3 N–H and O–H groups in total. The third-order valence-electron chi connectivity index (χ3n) is 3.74. The van der Waals surface area contributed by atoms with E-state index >= 15 is 0 Å². The summed E-state index contributed by atoms with van der Waals surface area (Å²) in [5.41, 5.74) is -0.515. The van der Waals surface area contributed by atoms with Crippen LogP contribution in [0.2, 0.25) is 0 Å².